The van der Waals surface area contributed by atoms with Crippen molar-refractivity contribution in [3.63, 3.8) is 0 Å². The summed E-state index contributed by atoms with van der Waals surface area (Å²) in [5, 5.41) is 13.7. The molecule has 0 heterocycles. The third-order valence-electron chi connectivity index (χ3n) is 4.11. The SMILES string of the molecule is O=[N+]([O-])c1ccccc1COC=C[SiH](c1ccccc1)c1ccccc1. The molecular weight excluding hydrogens is 342 g/mol. The number of ether oxygens (including phenoxy) is 1. The van der Waals surface area contributed by atoms with E-state index in [1.54, 1.807) is 24.5 Å². The van der Waals surface area contributed by atoms with Crippen molar-refractivity contribution in [2.24, 2.45) is 0 Å². The van der Waals surface area contributed by atoms with Crippen LogP contribution >= 0.6 is 0 Å². The number of rotatable bonds is 7. The molecule has 0 unspecified atom stereocenters. The predicted molar refractivity (Wildman–Crippen MR) is 106 cm³/mol. The van der Waals surface area contributed by atoms with Gasteiger partial charge in [-0.2, -0.15) is 0 Å². The highest BCUT2D eigenvalue weighted by Gasteiger charge is 2.14. The molecule has 3 rings (SSSR count). The van der Waals surface area contributed by atoms with Crippen molar-refractivity contribution in [1.82, 2.24) is 0 Å². The summed E-state index contributed by atoms with van der Waals surface area (Å²) in [4.78, 5) is 10.7. The monoisotopic (exact) mass is 361 g/mol. The van der Waals surface area contributed by atoms with E-state index in [0.717, 1.165) is 0 Å². The fourth-order valence-corrected chi connectivity index (χ4v) is 5.19. The number of nitrogens with zero attached hydrogens (tertiary/aromatic N) is 1. The minimum atomic E-state index is -1.55. The summed E-state index contributed by atoms with van der Waals surface area (Å²) in [6, 6.07) is 27.4. The van der Waals surface area contributed by atoms with Gasteiger partial charge in [-0.15, -0.1) is 0 Å². The fourth-order valence-electron chi connectivity index (χ4n) is 2.82. The number of hydrogen-bond donors (Lipinski definition) is 0. The van der Waals surface area contributed by atoms with Crippen LogP contribution in [-0.4, -0.2) is 13.7 Å². The highest BCUT2D eigenvalue weighted by molar-refractivity contribution is 6.89. The van der Waals surface area contributed by atoms with E-state index in [2.05, 4.69) is 30.0 Å². The average molecular weight is 361 g/mol. The Kier molecular flexibility index (Phi) is 5.95. The van der Waals surface area contributed by atoms with Crippen LogP contribution in [0.5, 0.6) is 0 Å². The van der Waals surface area contributed by atoms with Gasteiger partial charge in [-0.3, -0.25) is 10.1 Å². The normalized spacial score (nSPS) is 11.0. The van der Waals surface area contributed by atoms with E-state index in [1.165, 1.54) is 16.4 Å². The number of nitro benzene ring substituents is 1. The summed E-state index contributed by atoms with van der Waals surface area (Å²) in [6.45, 7) is 0.179. The van der Waals surface area contributed by atoms with Gasteiger partial charge >= 0.3 is 0 Å². The van der Waals surface area contributed by atoms with Crippen molar-refractivity contribution in [2.45, 2.75) is 6.61 Å². The smallest absolute Gasteiger partial charge is 0.276 e. The van der Waals surface area contributed by atoms with Crippen molar-refractivity contribution in [2.75, 3.05) is 0 Å². The molecule has 0 atom stereocenters. The molecular formula is C21H19NO3Si. The van der Waals surface area contributed by atoms with E-state index in [-0.39, 0.29) is 17.2 Å². The Hall–Kier alpha value is -3.18. The zero-order valence-electron chi connectivity index (χ0n) is 14.2. The molecule has 26 heavy (non-hydrogen) atoms. The number of para-hydroxylation sites is 1. The summed E-state index contributed by atoms with van der Waals surface area (Å²) < 4.78 is 5.63. The zero-order chi connectivity index (χ0) is 18.2. The number of hydrogen-bond acceptors (Lipinski definition) is 3. The van der Waals surface area contributed by atoms with E-state index in [1.807, 2.05) is 36.4 Å². The molecule has 130 valence electrons. The standard InChI is InChI=1S/C21H19NO3Si/c23-22(24)21-14-8-7-9-18(21)17-25-15-16-26(19-10-3-1-4-11-19)20-12-5-2-6-13-20/h1-16,26H,17H2. The van der Waals surface area contributed by atoms with Crippen molar-refractivity contribution in [3.05, 3.63) is 113 Å². The molecule has 0 aliphatic heterocycles. The van der Waals surface area contributed by atoms with Gasteiger partial charge in [0.25, 0.3) is 5.69 Å². The van der Waals surface area contributed by atoms with Gasteiger partial charge in [0.1, 0.15) is 15.4 Å². The van der Waals surface area contributed by atoms with Gasteiger partial charge in [0.15, 0.2) is 0 Å². The van der Waals surface area contributed by atoms with Crippen molar-refractivity contribution >= 4 is 24.9 Å². The highest BCUT2D eigenvalue weighted by Crippen LogP contribution is 2.18. The van der Waals surface area contributed by atoms with Gasteiger partial charge in [-0.25, -0.2) is 0 Å². The number of benzene rings is 3. The van der Waals surface area contributed by atoms with Gasteiger partial charge in [0.05, 0.1) is 16.7 Å². The van der Waals surface area contributed by atoms with E-state index in [9.17, 15) is 10.1 Å². The Bertz CT molecular complexity index is 843. The minimum Gasteiger partial charge on any atom is -0.497 e. The first-order valence-electron chi connectivity index (χ1n) is 8.36. The van der Waals surface area contributed by atoms with Crippen LogP contribution in [0, 0.1) is 10.1 Å². The van der Waals surface area contributed by atoms with Gasteiger partial charge in [0, 0.05) is 6.07 Å². The maximum Gasteiger partial charge on any atom is 0.276 e. The lowest BCUT2D eigenvalue weighted by Crippen LogP contribution is -2.40. The topological polar surface area (TPSA) is 52.4 Å². The summed E-state index contributed by atoms with van der Waals surface area (Å²) in [5.41, 5.74) is 2.76. The fraction of sp³-hybridized carbons (Fsp3) is 0.0476. The van der Waals surface area contributed by atoms with Crippen molar-refractivity contribution in [1.29, 1.82) is 0 Å². The Morgan fingerprint density at radius 1 is 0.846 bits per heavy atom. The molecule has 0 saturated carbocycles. The molecule has 0 aromatic heterocycles. The van der Waals surface area contributed by atoms with Crippen LogP contribution in [0.25, 0.3) is 0 Å². The molecule has 4 nitrogen and oxygen atoms in total. The molecule has 0 aliphatic rings. The van der Waals surface area contributed by atoms with Crippen molar-refractivity contribution < 1.29 is 9.66 Å². The summed E-state index contributed by atoms with van der Waals surface area (Å²) in [5.74, 6) is 0. The third kappa shape index (κ3) is 4.46. The Labute approximate surface area is 154 Å². The second-order valence-corrected chi connectivity index (χ2v) is 8.50. The number of nitro groups is 1. The quantitative estimate of drug-likeness (QED) is 0.281. The first kappa shape index (κ1) is 17.6. The Morgan fingerprint density at radius 3 is 1.96 bits per heavy atom. The maximum atomic E-state index is 11.1. The lowest BCUT2D eigenvalue weighted by atomic mass is 10.2. The van der Waals surface area contributed by atoms with Crippen LogP contribution in [0.3, 0.4) is 0 Å². The molecule has 0 fully saturated rings. The van der Waals surface area contributed by atoms with Gasteiger partial charge in [-0.05, 0) is 6.07 Å². The highest BCUT2D eigenvalue weighted by atomic mass is 28.3. The van der Waals surface area contributed by atoms with E-state index >= 15 is 0 Å². The van der Waals surface area contributed by atoms with Crippen LogP contribution in [0.1, 0.15) is 5.56 Å². The molecule has 0 amide bonds. The summed E-state index contributed by atoms with van der Waals surface area (Å²) in [6.07, 6.45) is 1.69. The Balaban J connectivity index is 1.75. The van der Waals surface area contributed by atoms with Crippen LogP contribution in [0.15, 0.2) is 96.9 Å². The lowest BCUT2D eigenvalue weighted by molar-refractivity contribution is -0.385. The van der Waals surface area contributed by atoms with E-state index < -0.39 is 8.80 Å². The molecule has 0 aliphatic carbocycles. The first-order valence-corrected chi connectivity index (χ1v) is 10.2. The second kappa shape index (κ2) is 8.78. The van der Waals surface area contributed by atoms with Crippen LogP contribution < -0.4 is 10.4 Å². The first-order chi connectivity index (χ1) is 12.8. The van der Waals surface area contributed by atoms with Crippen LogP contribution in [0.2, 0.25) is 0 Å². The zero-order valence-corrected chi connectivity index (χ0v) is 15.3. The second-order valence-electron chi connectivity index (χ2n) is 5.82. The largest absolute Gasteiger partial charge is 0.497 e. The molecule has 0 radical (unpaired) electrons. The molecule has 0 spiro atoms. The molecule has 3 aromatic rings. The van der Waals surface area contributed by atoms with Gasteiger partial charge in [0.2, 0.25) is 0 Å². The predicted octanol–water partition coefficient (Wildman–Crippen LogP) is 3.21. The Morgan fingerprint density at radius 2 is 1.38 bits per heavy atom. The van der Waals surface area contributed by atoms with E-state index in [4.69, 9.17) is 4.74 Å². The van der Waals surface area contributed by atoms with Crippen molar-refractivity contribution in [3.8, 4) is 0 Å². The molecule has 0 saturated heterocycles. The van der Waals surface area contributed by atoms with Gasteiger partial charge in [-0.1, -0.05) is 88.9 Å². The summed E-state index contributed by atoms with van der Waals surface area (Å²) in [7, 11) is -1.55. The van der Waals surface area contributed by atoms with Crippen LogP contribution in [-0.2, 0) is 11.3 Å². The molecule has 3 aromatic carbocycles. The molecule has 0 N–H and O–H groups in total. The third-order valence-corrected chi connectivity index (χ3v) is 6.86. The van der Waals surface area contributed by atoms with E-state index in [0.29, 0.717) is 5.56 Å². The van der Waals surface area contributed by atoms with Crippen LogP contribution in [0.4, 0.5) is 5.69 Å². The summed E-state index contributed by atoms with van der Waals surface area (Å²) >= 11 is 0. The average Bonchev–Trinajstić information content (AvgIpc) is 2.69. The lowest BCUT2D eigenvalue weighted by Gasteiger charge is -2.12. The molecule has 0 bridgehead atoms. The molecule has 5 heteroatoms. The maximum absolute atomic E-state index is 11.1. The minimum absolute atomic E-state index is 0.0841. The van der Waals surface area contributed by atoms with Gasteiger partial charge < -0.3 is 4.74 Å².